The van der Waals surface area contributed by atoms with Gasteiger partial charge in [-0.25, -0.2) is 0 Å². The van der Waals surface area contributed by atoms with Crippen molar-refractivity contribution in [3.63, 3.8) is 0 Å². The number of carbonyl (C=O) groups excluding carboxylic acids is 1. The van der Waals surface area contributed by atoms with E-state index < -0.39 is 0 Å². The molecule has 2 rings (SSSR count). The van der Waals surface area contributed by atoms with Crippen molar-refractivity contribution in [3.8, 4) is 16.2 Å². The highest BCUT2D eigenvalue weighted by Crippen LogP contribution is 2.36. The van der Waals surface area contributed by atoms with E-state index in [0.29, 0.717) is 23.6 Å². The zero-order valence-corrected chi connectivity index (χ0v) is 14.6. The number of aliphatic hydroxyl groups excluding tert-OH is 1. The molecule has 0 atom stereocenters. The molecular formula is C18H23NO3S. The van der Waals surface area contributed by atoms with Gasteiger partial charge in [0.25, 0.3) is 5.91 Å². The fourth-order valence-corrected chi connectivity index (χ4v) is 3.27. The third-order valence-electron chi connectivity index (χ3n) is 3.70. The summed E-state index contributed by atoms with van der Waals surface area (Å²) < 4.78 is 5.36. The first kappa shape index (κ1) is 17.5. The summed E-state index contributed by atoms with van der Waals surface area (Å²) in [6.45, 7) is 4.66. The van der Waals surface area contributed by atoms with Crippen LogP contribution in [-0.4, -0.2) is 31.3 Å². The summed E-state index contributed by atoms with van der Waals surface area (Å²) in [5, 5.41) is 12.0. The van der Waals surface area contributed by atoms with E-state index in [-0.39, 0.29) is 17.9 Å². The lowest BCUT2D eigenvalue weighted by molar-refractivity contribution is 0.0929. The maximum atomic E-state index is 12.5. The number of methoxy groups -OCH3 is 1. The Morgan fingerprint density at radius 3 is 2.61 bits per heavy atom. The van der Waals surface area contributed by atoms with Gasteiger partial charge < -0.3 is 15.2 Å². The third kappa shape index (κ3) is 4.56. The average molecular weight is 333 g/mol. The van der Waals surface area contributed by atoms with E-state index in [0.717, 1.165) is 10.4 Å². The van der Waals surface area contributed by atoms with E-state index in [1.165, 1.54) is 11.3 Å². The van der Waals surface area contributed by atoms with Gasteiger partial charge in [-0.2, -0.15) is 0 Å². The van der Waals surface area contributed by atoms with Crippen molar-refractivity contribution in [3.05, 3.63) is 41.3 Å². The smallest absolute Gasteiger partial charge is 0.265 e. The Morgan fingerprint density at radius 2 is 2.00 bits per heavy atom. The number of hydrogen-bond donors (Lipinski definition) is 2. The van der Waals surface area contributed by atoms with Crippen LogP contribution in [0.5, 0.6) is 5.75 Å². The number of thiophene rings is 1. The Balaban J connectivity index is 2.16. The topological polar surface area (TPSA) is 58.6 Å². The lowest BCUT2D eigenvalue weighted by atomic mass is 9.90. The molecule has 0 aliphatic heterocycles. The SMILES string of the molecule is COc1cc(-c2ccccc2)sc1C(=O)NCC(C)(C)CCO. The van der Waals surface area contributed by atoms with Gasteiger partial charge in [-0.1, -0.05) is 44.2 Å². The van der Waals surface area contributed by atoms with E-state index in [2.05, 4.69) is 5.32 Å². The van der Waals surface area contributed by atoms with Crippen LogP contribution in [0.15, 0.2) is 36.4 Å². The molecule has 0 unspecified atom stereocenters. The summed E-state index contributed by atoms with van der Waals surface area (Å²) in [6, 6.07) is 11.8. The first-order valence-electron chi connectivity index (χ1n) is 7.59. The fraction of sp³-hybridized carbons (Fsp3) is 0.389. The molecule has 2 N–H and O–H groups in total. The van der Waals surface area contributed by atoms with Crippen molar-refractivity contribution in [1.82, 2.24) is 5.32 Å². The minimum atomic E-state index is -0.142. The van der Waals surface area contributed by atoms with Crippen LogP contribution in [0, 0.1) is 5.41 Å². The summed E-state index contributed by atoms with van der Waals surface area (Å²) in [4.78, 5) is 14.1. The molecule has 2 aromatic rings. The Bertz CT molecular complexity index is 650. The highest BCUT2D eigenvalue weighted by atomic mass is 32.1. The van der Waals surface area contributed by atoms with Crippen LogP contribution < -0.4 is 10.1 Å². The lowest BCUT2D eigenvalue weighted by Crippen LogP contribution is -2.34. The molecule has 0 radical (unpaired) electrons. The molecule has 0 aliphatic rings. The molecule has 1 aromatic carbocycles. The lowest BCUT2D eigenvalue weighted by Gasteiger charge is -2.23. The number of rotatable bonds is 7. The van der Waals surface area contributed by atoms with Crippen molar-refractivity contribution in [1.29, 1.82) is 0 Å². The second-order valence-corrected chi connectivity index (χ2v) is 7.25. The van der Waals surface area contributed by atoms with Gasteiger partial charge in [-0.15, -0.1) is 11.3 Å². The summed E-state index contributed by atoms with van der Waals surface area (Å²) in [5.74, 6) is 0.450. The van der Waals surface area contributed by atoms with Crippen molar-refractivity contribution >= 4 is 17.2 Å². The monoisotopic (exact) mass is 333 g/mol. The zero-order chi connectivity index (χ0) is 16.9. The van der Waals surface area contributed by atoms with Crippen LogP contribution >= 0.6 is 11.3 Å². The van der Waals surface area contributed by atoms with Crippen LogP contribution in [0.1, 0.15) is 29.9 Å². The first-order valence-corrected chi connectivity index (χ1v) is 8.41. The molecule has 0 spiro atoms. The maximum absolute atomic E-state index is 12.5. The third-order valence-corrected chi connectivity index (χ3v) is 4.86. The molecule has 5 heteroatoms. The number of amides is 1. The minimum Gasteiger partial charge on any atom is -0.495 e. The molecule has 0 aliphatic carbocycles. The van der Waals surface area contributed by atoms with Crippen LogP contribution in [-0.2, 0) is 0 Å². The standard InChI is InChI=1S/C18H23NO3S/c1-18(2,9-10-20)12-19-17(21)16-14(22-3)11-15(23-16)13-7-5-4-6-8-13/h4-8,11,20H,9-10,12H2,1-3H3,(H,19,21). The van der Waals surface area contributed by atoms with Gasteiger partial charge in [0.1, 0.15) is 10.6 Å². The molecule has 1 amide bonds. The fourth-order valence-electron chi connectivity index (χ4n) is 2.22. The molecule has 124 valence electrons. The molecule has 1 heterocycles. The highest BCUT2D eigenvalue weighted by Gasteiger charge is 2.22. The van der Waals surface area contributed by atoms with E-state index in [9.17, 15) is 4.79 Å². The van der Waals surface area contributed by atoms with Gasteiger partial charge in [0.2, 0.25) is 0 Å². The van der Waals surface area contributed by atoms with Crippen LogP contribution in [0.3, 0.4) is 0 Å². The molecular weight excluding hydrogens is 310 g/mol. The van der Waals surface area contributed by atoms with Gasteiger partial charge in [0, 0.05) is 18.0 Å². The van der Waals surface area contributed by atoms with E-state index in [4.69, 9.17) is 9.84 Å². The number of carbonyl (C=O) groups is 1. The quantitative estimate of drug-likeness (QED) is 0.814. The second-order valence-electron chi connectivity index (χ2n) is 6.19. The number of ether oxygens (including phenoxy) is 1. The summed E-state index contributed by atoms with van der Waals surface area (Å²) in [6.07, 6.45) is 0.643. The zero-order valence-electron chi connectivity index (χ0n) is 13.8. The second kappa shape index (κ2) is 7.62. The Morgan fingerprint density at radius 1 is 1.30 bits per heavy atom. The van der Waals surface area contributed by atoms with Crippen LogP contribution in [0.4, 0.5) is 0 Å². The summed E-state index contributed by atoms with van der Waals surface area (Å²) >= 11 is 1.42. The first-order chi connectivity index (χ1) is 11.0. The maximum Gasteiger partial charge on any atom is 0.265 e. The van der Waals surface area contributed by atoms with Crippen LogP contribution in [0.25, 0.3) is 10.4 Å². The van der Waals surface area contributed by atoms with Gasteiger partial charge in [-0.3, -0.25) is 4.79 Å². The van der Waals surface area contributed by atoms with Gasteiger partial charge >= 0.3 is 0 Å². The van der Waals surface area contributed by atoms with Crippen molar-refractivity contribution in [2.24, 2.45) is 5.41 Å². The van der Waals surface area contributed by atoms with E-state index in [1.54, 1.807) is 7.11 Å². The minimum absolute atomic E-state index is 0.114. The predicted molar refractivity (Wildman–Crippen MR) is 94.1 cm³/mol. The molecule has 4 nitrogen and oxygen atoms in total. The van der Waals surface area contributed by atoms with Gasteiger partial charge in [0.15, 0.2) is 0 Å². The molecule has 0 saturated carbocycles. The van der Waals surface area contributed by atoms with Crippen molar-refractivity contribution in [2.45, 2.75) is 20.3 Å². The number of benzene rings is 1. The average Bonchev–Trinajstić information content (AvgIpc) is 2.98. The summed E-state index contributed by atoms with van der Waals surface area (Å²) in [7, 11) is 1.57. The van der Waals surface area contributed by atoms with E-state index in [1.807, 2.05) is 50.2 Å². The normalized spacial score (nSPS) is 11.3. The van der Waals surface area contributed by atoms with Crippen LogP contribution in [0.2, 0.25) is 0 Å². The predicted octanol–water partition coefficient (Wildman–Crippen LogP) is 3.56. The Kier molecular flexibility index (Phi) is 5.80. The molecule has 23 heavy (non-hydrogen) atoms. The molecule has 0 bridgehead atoms. The molecule has 0 saturated heterocycles. The number of aliphatic hydroxyl groups is 1. The largest absolute Gasteiger partial charge is 0.495 e. The highest BCUT2D eigenvalue weighted by molar-refractivity contribution is 7.17. The van der Waals surface area contributed by atoms with Gasteiger partial charge in [-0.05, 0) is 23.5 Å². The summed E-state index contributed by atoms with van der Waals surface area (Å²) in [5.41, 5.74) is 0.924. The Labute approximate surface area is 141 Å². The van der Waals surface area contributed by atoms with Gasteiger partial charge in [0.05, 0.1) is 7.11 Å². The number of nitrogens with one attached hydrogen (secondary N) is 1. The van der Waals surface area contributed by atoms with Crippen molar-refractivity contribution < 1.29 is 14.6 Å². The number of hydrogen-bond acceptors (Lipinski definition) is 4. The molecule has 1 aromatic heterocycles. The molecule has 0 fully saturated rings. The van der Waals surface area contributed by atoms with E-state index >= 15 is 0 Å². The Hall–Kier alpha value is -1.85. The van der Waals surface area contributed by atoms with Crippen molar-refractivity contribution in [2.75, 3.05) is 20.3 Å².